The van der Waals surface area contributed by atoms with Crippen molar-refractivity contribution in [1.82, 2.24) is 4.98 Å². The average Bonchev–Trinajstić information content (AvgIpc) is 2.57. The highest BCUT2D eigenvalue weighted by molar-refractivity contribution is 6.24. The fraction of sp³-hybridized carbons (Fsp3) is 0.111. The molecule has 4 heteroatoms. The lowest BCUT2D eigenvalue weighted by Gasteiger charge is -2.19. The number of nitrogens with zero attached hydrogens (tertiary/aromatic N) is 1. The van der Waals surface area contributed by atoms with Crippen LogP contribution in [0, 0.1) is 0 Å². The van der Waals surface area contributed by atoms with Crippen LogP contribution in [0.4, 0.5) is 0 Å². The lowest BCUT2D eigenvalue weighted by molar-refractivity contribution is 0.103. The number of hydrogen-bond donors (Lipinski definition) is 1. The minimum absolute atomic E-state index is 0.0433. The number of rotatable bonds is 3. The molecular weight excluding hydrogens is 278 g/mol. The van der Waals surface area contributed by atoms with Crippen LogP contribution in [0.25, 0.3) is 21.9 Å². The van der Waals surface area contributed by atoms with Crippen molar-refractivity contribution in [3.05, 3.63) is 59.9 Å². The molecule has 1 heterocycles. The average molecular weight is 291 g/mol. The molecule has 4 nitrogen and oxygen atoms in total. The Labute approximate surface area is 127 Å². The molecule has 0 saturated heterocycles. The molecule has 3 aromatic rings. The van der Waals surface area contributed by atoms with Gasteiger partial charge in [0.1, 0.15) is 18.1 Å². The van der Waals surface area contributed by atoms with Gasteiger partial charge in [0.15, 0.2) is 0 Å². The van der Waals surface area contributed by atoms with Crippen LogP contribution in [0.2, 0.25) is 0 Å². The molecule has 0 amide bonds. The van der Waals surface area contributed by atoms with Gasteiger partial charge in [0.2, 0.25) is 5.78 Å². The van der Waals surface area contributed by atoms with Gasteiger partial charge >= 0.3 is 0 Å². The minimum atomic E-state index is -0.0620. The van der Waals surface area contributed by atoms with Gasteiger partial charge in [-0.1, -0.05) is 18.2 Å². The van der Waals surface area contributed by atoms with Gasteiger partial charge in [-0.15, -0.1) is 0 Å². The van der Waals surface area contributed by atoms with Crippen LogP contribution in [-0.2, 0) is 0 Å². The van der Waals surface area contributed by atoms with E-state index in [0.717, 1.165) is 21.9 Å². The number of fused-ring (bicyclic) bond motifs is 2. The van der Waals surface area contributed by atoms with E-state index < -0.39 is 0 Å². The summed E-state index contributed by atoms with van der Waals surface area (Å²) in [6.07, 6.45) is 1.67. The number of carbonyl (C=O) groups is 1. The second-order valence-corrected chi connectivity index (χ2v) is 5.17. The molecular formula is C18H13NO3. The lowest BCUT2D eigenvalue weighted by Crippen LogP contribution is -2.12. The molecule has 108 valence electrons. The summed E-state index contributed by atoms with van der Waals surface area (Å²) in [6.45, 7) is 0.188. The molecule has 0 atom stereocenters. The van der Waals surface area contributed by atoms with E-state index >= 15 is 0 Å². The number of ketones is 1. The highest BCUT2D eigenvalue weighted by Gasteiger charge is 2.26. The molecule has 4 rings (SSSR count). The number of pyridine rings is 1. The molecule has 0 fully saturated rings. The number of carbonyl (C=O) groups excluding carboxylic acids is 1. The van der Waals surface area contributed by atoms with Crippen LogP contribution >= 0.6 is 0 Å². The van der Waals surface area contributed by atoms with E-state index in [1.54, 1.807) is 18.3 Å². The highest BCUT2D eigenvalue weighted by atomic mass is 16.5. The second kappa shape index (κ2) is 4.93. The summed E-state index contributed by atoms with van der Waals surface area (Å²) in [6, 6.07) is 13.2. The van der Waals surface area contributed by atoms with Gasteiger partial charge < -0.3 is 9.84 Å². The van der Waals surface area contributed by atoms with Crippen molar-refractivity contribution in [1.29, 1.82) is 0 Å². The molecule has 1 aliphatic carbocycles. The first kappa shape index (κ1) is 13.0. The van der Waals surface area contributed by atoms with Crippen LogP contribution in [0.3, 0.4) is 0 Å². The van der Waals surface area contributed by atoms with Crippen molar-refractivity contribution in [2.75, 3.05) is 13.2 Å². The standard InChI is InChI=1S/C18H13NO3/c20-8-9-22-12-4-5-14-15(10-12)13-3-1-2-11-6-7-19-17(16(11)13)18(14)21/h1-7,10,20H,8-9H2. The molecule has 1 N–H and O–H groups in total. The monoisotopic (exact) mass is 291 g/mol. The number of aromatic nitrogens is 1. The Balaban J connectivity index is 1.99. The summed E-state index contributed by atoms with van der Waals surface area (Å²) in [5.74, 6) is 0.581. The third-order valence-electron chi connectivity index (χ3n) is 3.89. The van der Waals surface area contributed by atoms with Crippen molar-refractivity contribution < 1.29 is 14.6 Å². The first-order valence-corrected chi connectivity index (χ1v) is 7.10. The van der Waals surface area contributed by atoms with Crippen LogP contribution in [-0.4, -0.2) is 29.1 Å². The first-order valence-electron chi connectivity index (χ1n) is 7.10. The number of benzene rings is 2. The Morgan fingerprint density at radius 1 is 1.05 bits per heavy atom. The van der Waals surface area contributed by atoms with E-state index in [1.807, 2.05) is 30.3 Å². The molecule has 0 saturated carbocycles. The van der Waals surface area contributed by atoms with E-state index in [9.17, 15) is 4.79 Å². The summed E-state index contributed by atoms with van der Waals surface area (Å²) in [5, 5.41) is 10.8. The molecule has 2 aromatic carbocycles. The molecule has 1 aliphatic rings. The Morgan fingerprint density at radius 2 is 1.95 bits per heavy atom. The SMILES string of the molecule is O=C1c2ccc(OCCO)cc2-c2cccc3ccnc1c23. The van der Waals surface area contributed by atoms with E-state index in [-0.39, 0.29) is 19.0 Å². The fourth-order valence-electron chi connectivity index (χ4n) is 2.95. The number of aliphatic hydroxyl groups excluding tert-OH is 1. The summed E-state index contributed by atoms with van der Waals surface area (Å²) in [7, 11) is 0. The molecule has 22 heavy (non-hydrogen) atoms. The number of aliphatic hydroxyl groups is 1. The molecule has 1 aromatic heterocycles. The van der Waals surface area contributed by atoms with Gasteiger partial charge in [0, 0.05) is 17.1 Å². The molecule has 0 unspecified atom stereocenters. The van der Waals surface area contributed by atoms with Gasteiger partial charge in [0.25, 0.3) is 0 Å². The summed E-state index contributed by atoms with van der Waals surface area (Å²) < 4.78 is 5.46. The Morgan fingerprint density at radius 3 is 2.82 bits per heavy atom. The van der Waals surface area contributed by atoms with E-state index in [2.05, 4.69) is 4.98 Å². The minimum Gasteiger partial charge on any atom is -0.491 e. The van der Waals surface area contributed by atoms with Crippen LogP contribution in [0.1, 0.15) is 16.1 Å². The molecule has 0 bridgehead atoms. The van der Waals surface area contributed by atoms with Crippen molar-refractivity contribution in [3.8, 4) is 16.9 Å². The van der Waals surface area contributed by atoms with Crippen LogP contribution in [0.15, 0.2) is 48.7 Å². The highest BCUT2D eigenvalue weighted by Crippen LogP contribution is 2.39. The predicted octanol–water partition coefficient (Wildman–Crippen LogP) is 2.82. The summed E-state index contributed by atoms with van der Waals surface area (Å²) in [4.78, 5) is 17.0. The van der Waals surface area contributed by atoms with Crippen LogP contribution < -0.4 is 4.74 Å². The fourth-order valence-corrected chi connectivity index (χ4v) is 2.95. The first-order chi connectivity index (χ1) is 10.8. The Hall–Kier alpha value is -2.72. The Kier molecular flexibility index (Phi) is 2.91. The molecule has 0 radical (unpaired) electrons. The van der Waals surface area contributed by atoms with E-state index in [4.69, 9.17) is 9.84 Å². The largest absolute Gasteiger partial charge is 0.491 e. The summed E-state index contributed by atoms with van der Waals surface area (Å²) in [5.41, 5.74) is 2.98. The van der Waals surface area contributed by atoms with Crippen molar-refractivity contribution in [3.63, 3.8) is 0 Å². The van der Waals surface area contributed by atoms with Gasteiger partial charge in [-0.05, 0) is 40.8 Å². The zero-order chi connectivity index (χ0) is 15.1. The van der Waals surface area contributed by atoms with Gasteiger partial charge in [0.05, 0.1) is 6.61 Å². The maximum absolute atomic E-state index is 12.7. The quantitative estimate of drug-likeness (QED) is 0.630. The topological polar surface area (TPSA) is 59.4 Å². The van der Waals surface area contributed by atoms with E-state index in [1.165, 1.54) is 0 Å². The van der Waals surface area contributed by atoms with Crippen molar-refractivity contribution in [2.24, 2.45) is 0 Å². The van der Waals surface area contributed by atoms with Crippen molar-refractivity contribution >= 4 is 16.6 Å². The zero-order valence-corrected chi connectivity index (χ0v) is 11.7. The maximum atomic E-state index is 12.7. The number of hydrogen-bond acceptors (Lipinski definition) is 4. The predicted molar refractivity (Wildman–Crippen MR) is 83.2 cm³/mol. The normalized spacial score (nSPS) is 12.3. The third kappa shape index (κ3) is 1.81. The molecule has 0 aliphatic heterocycles. The van der Waals surface area contributed by atoms with Crippen LogP contribution in [0.5, 0.6) is 5.75 Å². The van der Waals surface area contributed by atoms with E-state index in [0.29, 0.717) is 17.0 Å². The Bertz CT molecular complexity index is 897. The lowest BCUT2D eigenvalue weighted by atomic mass is 9.85. The van der Waals surface area contributed by atoms with Gasteiger partial charge in [-0.2, -0.15) is 0 Å². The zero-order valence-electron chi connectivity index (χ0n) is 11.7. The number of ether oxygens (including phenoxy) is 1. The van der Waals surface area contributed by atoms with Gasteiger partial charge in [-0.3, -0.25) is 9.78 Å². The van der Waals surface area contributed by atoms with Crippen molar-refractivity contribution in [2.45, 2.75) is 0 Å². The second-order valence-electron chi connectivity index (χ2n) is 5.17. The molecule has 0 spiro atoms. The van der Waals surface area contributed by atoms with Gasteiger partial charge in [-0.25, -0.2) is 0 Å². The third-order valence-corrected chi connectivity index (χ3v) is 3.89. The smallest absolute Gasteiger partial charge is 0.212 e. The summed E-state index contributed by atoms with van der Waals surface area (Å²) >= 11 is 0. The maximum Gasteiger partial charge on any atom is 0.212 e.